The largest absolute Gasteiger partial charge is 0.341 e. The van der Waals surface area contributed by atoms with Gasteiger partial charge in [-0.1, -0.05) is 6.92 Å². The van der Waals surface area contributed by atoms with Crippen LogP contribution in [0.1, 0.15) is 43.0 Å². The van der Waals surface area contributed by atoms with Gasteiger partial charge in [0.25, 0.3) is 5.91 Å². The molecule has 120 valence electrons. The molecule has 0 spiro atoms. The van der Waals surface area contributed by atoms with Gasteiger partial charge in [0.1, 0.15) is 6.04 Å². The zero-order valence-corrected chi connectivity index (χ0v) is 12.6. The van der Waals surface area contributed by atoms with Crippen LogP contribution in [-0.2, 0) is 4.79 Å². The second-order valence-corrected chi connectivity index (χ2v) is 5.48. The number of benzene rings is 1. The maximum absolute atomic E-state index is 13.2. The second-order valence-electron chi connectivity index (χ2n) is 5.48. The van der Waals surface area contributed by atoms with Gasteiger partial charge in [-0.15, -0.1) is 0 Å². The van der Waals surface area contributed by atoms with Crippen LogP contribution in [0.15, 0.2) is 18.2 Å². The van der Waals surface area contributed by atoms with E-state index in [4.69, 9.17) is 0 Å². The Hall–Kier alpha value is -1.98. The lowest BCUT2D eigenvalue weighted by molar-refractivity contribution is -0.132. The highest BCUT2D eigenvalue weighted by Gasteiger charge is 2.28. The number of likely N-dealkylation sites (tertiary alicyclic amines) is 1. The van der Waals surface area contributed by atoms with Gasteiger partial charge in [-0.05, 0) is 43.9 Å². The molecule has 22 heavy (non-hydrogen) atoms. The molecule has 4 nitrogen and oxygen atoms in total. The highest BCUT2D eigenvalue weighted by atomic mass is 19.2. The van der Waals surface area contributed by atoms with E-state index in [1.54, 1.807) is 4.90 Å². The summed E-state index contributed by atoms with van der Waals surface area (Å²) in [5.74, 6) is -2.74. The summed E-state index contributed by atoms with van der Waals surface area (Å²) in [6.45, 7) is 3.35. The highest BCUT2D eigenvalue weighted by molar-refractivity contribution is 5.97. The third-order valence-corrected chi connectivity index (χ3v) is 3.76. The van der Waals surface area contributed by atoms with Crippen LogP contribution in [0.25, 0.3) is 0 Å². The fourth-order valence-corrected chi connectivity index (χ4v) is 2.61. The Morgan fingerprint density at radius 2 is 2.09 bits per heavy atom. The predicted molar refractivity (Wildman–Crippen MR) is 78.3 cm³/mol. The van der Waals surface area contributed by atoms with Crippen molar-refractivity contribution in [2.24, 2.45) is 0 Å². The molecule has 1 N–H and O–H groups in total. The Labute approximate surface area is 128 Å². The fourth-order valence-electron chi connectivity index (χ4n) is 2.61. The maximum atomic E-state index is 13.2. The van der Waals surface area contributed by atoms with Gasteiger partial charge in [0.2, 0.25) is 5.91 Å². The number of rotatable bonds is 4. The Morgan fingerprint density at radius 3 is 2.77 bits per heavy atom. The number of halogens is 2. The van der Waals surface area contributed by atoms with E-state index in [1.165, 1.54) is 6.07 Å². The van der Waals surface area contributed by atoms with Crippen molar-refractivity contribution in [3.63, 3.8) is 0 Å². The van der Waals surface area contributed by atoms with Crippen LogP contribution in [-0.4, -0.2) is 35.8 Å². The van der Waals surface area contributed by atoms with Crippen molar-refractivity contribution in [1.29, 1.82) is 0 Å². The topological polar surface area (TPSA) is 49.4 Å². The molecule has 0 aliphatic carbocycles. The fraction of sp³-hybridized carbons (Fsp3) is 0.500. The number of hydrogen-bond acceptors (Lipinski definition) is 2. The summed E-state index contributed by atoms with van der Waals surface area (Å²) in [5, 5.41) is 2.64. The molecular formula is C16H20F2N2O2. The third kappa shape index (κ3) is 3.81. The van der Waals surface area contributed by atoms with E-state index >= 15 is 0 Å². The first-order valence-corrected chi connectivity index (χ1v) is 7.57. The molecule has 1 heterocycles. The number of nitrogens with zero attached hydrogens (tertiary/aromatic N) is 1. The zero-order valence-electron chi connectivity index (χ0n) is 12.6. The molecule has 1 aromatic rings. The smallest absolute Gasteiger partial charge is 0.252 e. The number of carbonyl (C=O) groups is 2. The summed E-state index contributed by atoms with van der Waals surface area (Å²) in [7, 11) is 0. The molecule has 0 saturated carbocycles. The van der Waals surface area contributed by atoms with Crippen molar-refractivity contribution in [2.45, 2.75) is 38.6 Å². The molecule has 1 aliphatic heterocycles. The minimum Gasteiger partial charge on any atom is -0.341 e. The summed E-state index contributed by atoms with van der Waals surface area (Å²) in [4.78, 5) is 26.3. The molecule has 0 aromatic heterocycles. The summed E-state index contributed by atoms with van der Waals surface area (Å²) < 4.78 is 26.1. The molecule has 2 amide bonds. The van der Waals surface area contributed by atoms with E-state index in [-0.39, 0.29) is 11.5 Å². The molecule has 0 radical (unpaired) electrons. The molecule has 0 bridgehead atoms. The predicted octanol–water partition coefficient (Wildman–Crippen LogP) is 2.49. The monoisotopic (exact) mass is 310 g/mol. The van der Waals surface area contributed by atoms with E-state index in [0.717, 1.165) is 31.4 Å². The van der Waals surface area contributed by atoms with Gasteiger partial charge in [0.05, 0.1) is 0 Å². The summed E-state index contributed by atoms with van der Waals surface area (Å²) in [5.41, 5.74) is 0.0120. The molecule has 1 aliphatic rings. The van der Waals surface area contributed by atoms with Crippen LogP contribution in [0.3, 0.4) is 0 Å². The lowest BCUT2D eigenvalue weighted by Crippen LogP contribution is -2.47. The number of nitrogens with one attached hydrogen (secondary N) is 1. The van der Waals surface area contributed by atoms with Crippen LogP contribution >= 0.6 is 0 Å². The van der Waals surface area contributed by atoms with Crippen molar-refractivity contribution >= 4 is 11.8 Å². The van der Waals surface area contributed by atoms with E-state index in [9.17, 15) is 18.4 Å². The quantitative estimate of drug-likeness (QED) is 0.929. The SMILES string of the molecule is CCCN1CCCCC(NC(=O)c2ccc(F)c(F)c2)C1=O. The number of amides is 2. The molecule has 2 rings (SSSR count). The lowest BCUT2D eigenvalue weighted by atomic mass is 10.1. The van der Waals surface area contributed by atoms with Gasteiger partial charge < -0.3 is 10.2 Å². The molecular weight excluding hydrogens is 290 g/mol. The third-order valence-electron chi connectivity index (χ3n) is 3.76. The van der Waals surface area contributed by atoms with Crippen molar-refractivity contribution in [3.8, 4) is 0 Å². The normalized spacial score (nSPS) is 19.0. The van der Waals surface area contributed by atoms with Crippen molar-refractivity contribution in [1.82, 2.24) is 10.2 Å². The zero-order chi connectivity index (χ0) is 16.1. The van der Waals surface area contributed by atoms with Crippen LogP contribution < -0.4 is 5.32 Å². The minimum atomic E-state index is -1.08. The van der Waals surface area contributed by atoms with E-state index in [0.29, 0.717) is 19.5 Å². The maximum Gasteiger partial charge on any atom is 0.252 e. The van der Waals surface area contributed by atoms with E-state index < -0.39 is 23.6 Å². The van der Waals surface area contributed by atoms with Crippen molar-refractivity contribution < 1.29 is 18.4 Å². The Kier molecular flexibility index (Phi) is 5.46. The van der Waals surface area contributed by atoms with E-state index in [1.807, 2.05) is 6.92 Å². The molecule has 1 unspecified atom stereocenters. The Morgan fingerprint density at radius 1 is 1.32 bits per heavy atom. The van der Waals surface area contributed by atoms with Crippen LogP contribution in [0, 0.1) is 11.6 Å². The second kappa shape index (κ2) is 7.33. The molecule has 1 atom stereocenters. The van der Waals surface area contributed by atoms with Crippen LogP contribution in [0.4, 0.5) is 8.78 Å². The van der Waals surface area contributed by atoms with Gasteiger partial charge >= 0.3 is 0 Å². The van der Waals surface area contributed by atoms with Gasteiger partial charge in [-0.3, -0.25) is 9.59 Å². The van der Waals surface area contributed by atoms with Crippen LogP contribution in [0.5, 0.6) is 0 Å². The standard InChI is InChI=1S/C16H20F2N2O2/c1-2-8-20-9-4-3-5-14(16(20)22)19-15(21)11-6-7-12(17)13(18)10-11/h6-7,10,14H,2-5,8-9H2,1H3,(H,19,21). The summed E-state index contributed by atoms with van der Waals surface area (Å²) >= 11 is 0. The van der Waals surface area contributed by atoms with Gasteiger partial charge in [-0.2, -0.15) is 0 Å². The average molecular weight is 310 g/mol. The molecule has 1 saturated heterocycles. The highest BCUT2D eigenvalue weighted by Crippen LogP contribution is 2.14. The Bertz CT molecular complexity index is 563. The molecule has 1 fully saturated rings. The van der Waals surface area contributed by atoms with Gasteiger partial charge in [0, 0.05) is 18.7 Å². The van der Waals surface area contributed by atoms with Crippen molar-refractivity contribution in [2.75, 3.05) is 13.1 Å². The molecule has 1 aromatic carbocycles. The number of carbonyl (C=O) groups excluding carboxylic acids is 2. The van der Waals surface area contributed by atoms with Gasteiger partial charge in [-0.25, -0.2) is 8.78 Å². The first kappa shape index (κ1) is 16.4. The average Bonchev–Trinajstić information content (AvgIpc) is 2.66. The first-order valence-electron chi connectivity index (χ1n) is 7.57. The van der Waals surface area contributed by atoms with Crippen LogP contribution in [0.2, 0.25) is 0 Å². The van der Waals surface area contributed by atoms with Crippen molar-refractivity contribution in [3.05, 3.63) is 35.4 Å². The first-order chi connectivity index (χ1) is 10.5. The lowest BCUT2D eigenvalue weighted by Gasteiger charge is -2.24. The Balaban J connectivity index is 2.08. The van der Waals surface area contributed by atoms with E-state index in [2.05, 4.69) is 5.32 Å². The molecule has 6 heteroatoms. The number of hydrogen-bond donors (Lipinski definition) is 1. The summed E-state index contributed by atoms with van der Waals surface area (Å²) in [6, 6.07) is 2.35. The minimum absolute atomic E-state index is 0.0120. The van der Waals surface area contributed by atoms with Gasteiger partial charge in [0.15, 0.2) is 11.6 Å². The summed E-state index contributed by atoms with van der Waals surface area (Å²) in [6.07, 6.45) is 3.17.